The number of aliphatic hydroxyl groups excluding tert-OH is 1. The molecule has 72 valence electrons. The Kier molecular flexibility index (Phi) is 3.47. The van der Waals surface area contributed by atoms with Gasteiger partial charge >= 0.3 is 0 Å². The Morgan fingerprint density at radius 1 is 1.58 bits per heavy atom. The Bertz CT molecular complexity index is 130. The van der Waals surface area contributed by atoms with E-state index >= 15 is 0 Å². The summed E-state index contributed by atoms with van der Waals surface area (Å²) in [4.78, 5) is 2.13. The fourth-order valence-electron chi connectivity index (χ4n) is 1.59. The molecule has 3 unspecified atom stereocenters. The van der Waals surface area contributed by atoms with Crippen LogP contribution >= 0.6 is 0 Å². The zero-order chi connectivity index (χ0) is 9.14. The van der Waals surface area contributed by atoms with Crippen LogP contribution in [0.5, 0.6) is 0 Å². The van der Waals surface area contributed by atoms with Gasteiger partial charge in [0.05, 0.1) is 12.3 Å². The van der Waals surface area contributed by atoms with Gasteiger partial charge in [-0.05, 0) is 19.3 Å². The zero-order valence-electron chi connectivity index (χ0n) is 7.83. The van der Waals surface area contributed by atoms with Crippen molar-refractivity contribution in [3.63, 3.8) is 0 Å². The van der Waals surface area contributed by atoms with E-state index in [-0.39, 0.29) is 6.10 Å². The molecule has 1 fully saturated rings. The normalized spacial score (nSPS) is 34.0. The molecule has 0 radical (unpaired) electrons. The summed E-state index contributed by atoms with van der Waals surface area (Å²) < 4.78 is 12.5. The smallest absolute Gasteiger partial charge is 0.0985 e. The number of hydrogen-bond acceptors (Lipinski definition) is 2. The molecule has 0 spiro atoms. The molecule has 0 bridgehead atoms. The van der Waals surface area contributed by atoms with Crippen LogP contribution in [0.2, 0.25) is 0 Å². The Balaban J connectivity index is 2.19. The van der Waals surface area contributed by atoms with Crippen LogP contribution in [0.25, 0.3) is 0 Å². The summed E-state index contributed by atoms with van der Waals surface area (Å²) in [6.45, 7) is 6.01. The van der Waals surface area contributed by atoms with E-state index in [0.29, 0.717) is 18.9 Å². The van der Waals surface area contributed by atoms with Crippen molar-refractivity contribution in [2.75, 3.05) is 19.6 Å². The summed E-state index contributed by atoms with van der Waals surface area (Å²) in [6, 6.07) is 0. The number of hydrogen-bond donors (Lipinski definition) is 1. The predicted octanol–water partition coefficient (Wildman–Crippen LogP) is 1.05. The summed E-state index contributed by atoms with van der Waals surface area (Å²) in [5, 5.41) is 9.40. The lowest BCUT2D eigenvalue weighted by atomic mass is 10.1. The number of aliphatic hydroxyl groups is 1. The van der Waals surface area contributed by atoms with Crippen LogP contribution in [-0.2, 0) is 0 Å². The molecule has 0 aromatic rings. The highest BCUT2D eigenvalue weighted by Gasteiger charge is 2.27. The standard InChI is InChI=1S/C9H18FNO/c1-7-5-11(6-9(7)12)4-3-8(2)10/h7-9,12H,3-6H2,1-2H3. The minimum absolute atomic E-state index is 0.208. The average Bonchev–Trinajstić information content (AvgIpc) is 2.28. The fraction of sp³-hybridized carbons (Fsp3) is 1.00. The summed E-state index contributed by atoms with van der Waals surface area (Å²) in [5.74, 6) is 0.347. The van der Waals surface area contributed by atoms with Gasteiger partial charge in [0, 0.05) is 19.6 Å². The van der Waals surface area contributed by atoms with Crippen molar-refractivity contribution in [1.82, 2.24) is 4.90 Å². The number of alkyl halides is 1. The second kappa shape index (κ2) is 4.19. The first kappa shape index (κ1) is 9.93. The third-order valence-electron chi connectivity index (χ3n) is 2.49. The quantitative estimate of drug-likeness (QED) is 0.693. The van der Waals surface area contributed by atoms with Gasteiger partial charge in [0.15, 0.2) is 0 Å². The van der Waals surface area contributed by atoms with Crippen molar-refractivity contribution in [2.45, 2.75) is 32.5 Å². The monoisotopic (exact) mass is 175 g/mol. The SMILES string of the molecule is CC(F)CCN1CC(C)C(O)C1. The minimum Gasteiger partial charge on any atom is -0.391 e. The molecule has 12 heavy (non-hydrogen) atoms. The molecule has 2 nitrogen and oxygen atoms in total. The minimum atomic E-state index is -0.724. The van der Waals surface area contributed by atoms with Crippen molar-refractivity contribution in [3.8, 4) is 0 Å². The molecule has 1 N–H and O–H groups in total. The first-order chi connectivity index (χ1) is 5.59. The Labute approximate surface area is 73.4 Å². The molecule has 0 aliphatic carbocycles. The molecule has 1 heterocycles. The van der Waals surface area contributed by atoms with Crippen molar-refractivity contribution < 1.29 is 9.50 Å². The van der Waals surface area contributed by atoms with E-state index in [1.807, 2.05) is 6.92 Å². The van der Waals surface area contributed by atoms with Gasteiger partial charge in [-0.25, -0.2) is 4.39 Å². The molecule has 3 heteroatoms. The lowest BCUT2D eigenvalue weighted by Crippen LogP contribution is -2.24. The second-order valence-electron chi connectivity index (χ2n) is 3.87. The highest BCUT2D eigenvalue weighted by molar-refractivity contribution is 4.80. The van der Waals surface area contributed by atoms with Crippen molar-refractivity contribution in [2.24, 2.45) is 5.92 Å². The molecule has 0 aromatic heterocycles. The Morgan fingerprint density at radius 3 is 2.67 bits per heavy atom. The van der Waals surface area contributed by atoms with Crippen LogP contribution in [0, 0.1) is 5.92 Å². The average molecular weight is 175 g/mol. The van der Waals surface area contributed by atoms with Gasteiger partial charge in [-0.2, -0.15) is 0 Å². The van der Waals surface area contributed by atoms with Crippen LogP contribution in [0.3, 0.4) is 0 Å². The molecular formula is C9H18FNO. The first-order valence-electron chi connectivity index (χ1n) is 4.64. The second-order valence-corrected chi connectivity index (χ2v) is 3.87. The molecule has 1 saturated heterocycles. The molecule has 1 aliphatic heterocycles. The topological polar surface area (TPSA) is 23.5 Å². The lowest BCUT2D eigenvalue weighted by molar-refractivity contribution is 0.147. The van der Waals surface area contributed by atoms with Gasteiger partial charge in [-0.3, -0.25) is 0 Å². The van der Waals surface area contributed by atoms with E-state index in [4.69, 9.17) is 0 Å². The van der Waals surface area contributed by atoms with E-state index < -0.39 is 6.17 Å². The zero-order valence-corrected chi connectivity index (χ0v) is 7.83. The van der Waals surface area contributed by atoms with Crippen LogP contribution < -0.4 is 0 Å². The maximum Gasteiger partial charge on any atom is 0.0985 e. The van der Waals surface area contributed by atoms with Gasteiger partial charge in [-0.1, -0.05) is 6.92 Å². The van der Waals surface area contributed by atoms with Gasteiger partial charge < -0.3 is 10.0 Å². The van der Waals surface area contributed by atoms with Crippen molar-refractivity contribution in [1.29, 1.82) is 0 Å². The van der Waals surface area contributed by atoms with E-state index in [9.17, 15) is 9.50 Å². The molecule has 0 amide bonds. The molecule has 1 aliphatic rings. The molecule has 0 saturated carbocycles. The maximum absolute atomic E-state index is 12.5. The van der Waals surface area contributed by atoms with Gasteiger partial charge in [0.1, 0.15) is 0 Å². The number of halogens is 1. The van der Waals surface area contributed by atoms with E-state index in [1.165, 1.54) is 0 Å². The molecule has 3 atom stereocenters. The Morgan fingerprint density at radius 2 is 2.25 bits per heavy atom. The third-order valence-corrected chi connectivity index (χ3v) is 2.49. The van der Waals surface area contributed by atoms with E-state index in [2.05, 4.69) is 4.90 Å². The largest absolute Gasteiger partial charge is 0.391 e. The number of likely N-dealkylation sites (tertiary alicyclic amines) is 1. The fourth-order valence-corrected chi connectivity index (χ4v) is 1.59. The van der Waals surface area contributed by atoms with Crippen LogP contribution in [0.1, 0.15) is 20.3 Å². The van der Waals surface area contributed by atoms with Crippen LogP contribution in [-0.4, -0.2) is 41.9 Å². The highest BCUT2D eigenvalue weighted by Crippen LogP contribution is 2.16. The summed E-state index contributed by atoms with van der Waals surface area (Å²) in [5.41, 5.74) is 0. The van der Waals surface area contributed by atoms with Crippen molar-refractivity contribution in [3.05, 3.63) is 0 Å². The van der Waals surface area contributed by atoms with Crippen molar-refractivity contribution >= 4 is 0 Å². The van der Waals surface area contributed by atoms with Gasteiger partial charge in [0.2, 0.25) is 0 Å². The van der Waals surface area contributed by atoms with Crippen LogP contribution in [0.15, 0.2) is 0 Å². The van der Waals surface area contributed by atoms with Gasteiger partial charge in [0.25, 0.3) is 0 Å². The molecule has 1 rings (SSSR count). The van der Waals surface area contributed by atoms with E-state index in [1.54, 1.807) is 6.92 Å². The summed E-state index contributed by atoms with van der Waals surface area (Å²) >= 11 is 0. The Hall–Kier alpha value is -0.150. The summed E-state index contributed by atoms with van der Waals surface area (Å²) in [6.07, 6.45) is -0.350. The highest BCUT2D eigenvalue weighted by atomic mass is 19.1. The first-order valence-corrected chi connectivity index (χ1v) is 4.64. The number of β-amino-alcohol motifs (C(OH)–C–C–N with tert-alkyl or cyclic N) is 1. The van der Waals surface area contributed by atoms with Crippen LogP contribution in [0.4, 0.5) is 4.39 Å². The predicted molar refractivity (Wildman–Crippen MR) is 46.8 cm³/mol. The summed E-state index contributed by atoms with van der Waals surface area (Å²) in [7, 11) is 0. The van der Waals surface area contributed by atoms with E-state index in [0.717, 1.165) is 13.1 Å². The lowest BCUT2D eigenvalue weighted by Gasteiger charge is -2.14. The number of rotatable bonds is 3. The number of nitrogens with zero attached hydrogens (tertiary/aromatic N) is 1. The van der Waals surface area contributed by atoms with Gasteiger partial charge in [-0.15, -0.1) is 0 Å². The molecule has 0 aromatic carbocycles. The maximum atomic E-state index is 12.5. The molecular weight excluding hydrogens is 157 g/mol. The third kappa shape index (κ3) is 2.72.